The summed E-state index contributed by atoms with van der Waals surface area (Å²) in [6.07, 6.45) is 17.9. The molecule has 5 rings (SSSR count). The number of nitrogens with zero attached hydrogens (tertiary/aromatic N) is 2. The number of pyridine rings is 1. The van der Waals surface area contributed by atoms with Crippen LogP contribution in [0.5, 0.6) is 0 Å². The summed E-state index contributed by atoms with van der Waals surface area (Å²) in [4.78, 5) is 19.1. The predicted molar refractivity (Wildman–Crippen MR) is 118 cm³/mol. The van der Waals surface area contributed by atoms with E-state index >= 15 is 0 Å². The van der Waals surface area contributed by atoms with E-state index in [0.29, 0.717) is 5.41 Å². The topological polar surface area (TPSA) is 45.2 Å². The normalized spacial score (nSPS) is 29.8. The smallest absolute Gasteiger partial charge is 0.317 e. The van der Waals surface area contributed by atoms with Crippen molar-refractivity contribution in [2.45, 2.75) is 77.6 Å². The maximum Gasteiger partial charge on any atom is 0.317 e. The highest BCUT2D eigenvalue weighted by Gasteiger charge is 2.50. The number of rotatable bonds is 10. The van der Waals surface area contributed by atoms with Crippen molar-refractivity contribution in [3.05, 3.63) is 30.1 Å². The van der Waals surface area contributed by atoms with Crippen LogP contribution in [0.1, 0.15) is 76.7 Å². The van der Waals surface area contributed by atoms with Crippen molar-refractivity contribution < 1.29 is 4.79 Å². The summed E-state index contributed by atoms with van der Waals surface area (Å²) in [5, 5.41) is 3.19. The van der Waals surface area contributed by atoms with Crippen molar-refractivity contribution in [2.75, 3.05) is 19.6 Å². The third-order valence-electron chi connectivity index (χ3n) is 7.81. The molecule has 4 fully saturated rings. The molecular weight excluding hydrogens is 358 g/mol. The minimum atomic E-state index is 0.151. The van der Waals surface area contributed by atoms with Gasteiger partial charge in [-0.15, -0.1) is 0 Å². The number of aromatic nitrogens is 1. The lowest BCUT2D eigenvalue weighted by Crippen LogP contribution is -2.48. The fourth-order valence-corrected chi connectivity index (χ4v) is 6.78. The van der Waals surface area contributed by atoms with E-state index in [1.165, 1.54) is 50.5 Å². The number of carbonyl (C=O) groups is 1. The Balaban J connectivity index is 1.25. The molecule has 29 heavy (non-hydrogen) atoms. The summed E-state index contributed by atoms with van der Waals surface area (Å²) in [6.45, 7) is 4.81. The highest BCUT2D eigenvalue weighted by molar-refractivity contribution is 5.74. The van der Waals surface area contributed by atoms with Gasteiger partial charge >= 0.3 is 6.03 Å². The van der Waals surface area contributed by atoms with Gasteiger partial charge in [-0.25, -0.2) is 4.79 Å². The Morgan fingerprint density at radius 2 is 1.72 bits per heavy atom. The van der Waals surface area contributed by atoms with E-state index in [1.54, 1.807) is 0 Å². The maximum absolute atomic E-state index is 12.9. The lowest BCUT2D eigenvalue weighted by Gasteiger charge is -2.57. The Morgan fingerprint density at radius 1 is 1.07 bits per heavy atom. The van der Waals surface area contributed by atoms with Crippen LogP contribution in [0.15, 0.2) is 24.5 Å². The molecule has 4 nitrogen and oxygen atoms in total. The third-order valence-corrected chi connectivity index (χ3v) is 7.81. The van der Waals surface area contributed by atoms with Crippen LogP contribution in [-0.4, -0.2) is 35.5 Å². The zero-order chi connectivity index (χ0) is 20.1. The average Bonchev–Trinajstić information content (AvgIpc) is 2.71. The summed E-state index contributed by atoms with van der Waals surface area (Å²) >= 11 is 0. The fraction of sp³-hybridized carbons (Fsp3) is 0.760. The minimum absolute atomic E-state index is 0.151. The Morgan fingerprint density at radius 3 is 2.34 bits per heavy atom. The van der Waals surface area contributed by atoms with Gasteiger partial charge in [-0.1, -0.05) is 13.3 Å². The number of carbonyl (C=O) groups excluding carboxylic acids is 1. The molecule has 0 aliphatic heterocycles. The summed E-state index contributed by atoms with van der Waals surface area (Å²) in [5.41, 5.74) is 1.85. The van der Waals surface area contributed by atoms with Gasteiger partial charge in [0.05, 0.1) is 0 Å². The second kappa shape index (κ2) is 9.49. The first kappa shape index (κ1) is 20.7. The molecule has 1 aromatic rings. The second-order valence-electron chi connectivity index (χ2n) is 10.2. The number of amides is 2. The molecular formula is C25H39N3O. The number of hydrogen-bond donors (Lipinski definition) is 1. The van der Waals surface area contributed by atoms with E-state index in [-0.39, 0.29) is 6.03 Å². The molecule has 4 aliphatic rings. The third kappa shape index (κ3) is 5.32. The maximum atomic E-state index is 12.9. The number of unbranched alkanes of at least 4 members (excludes halogenated alkanes) is 1. The van der Waals surface area contributed by atoms with Crippen molar-refractivity contribution in [2.24, 2.45) is 23.2 Å². The number of aryl methyl sites for hydroxylation is 1. The molecule has 4 saturated carbocycles. The first-order chi connectivity index (χ1) is 14.2. The molecule has 0 atom stereocenters. The monoisotopic (exact) mass is 397 g/mol. The molecule has 0 aromatic carbocycles. The van der Waals surface area contributed by atoms with Gasteiger partial charge in [0.1, 0.15) is 0 Å². The van der Waals surface area contributed by atoms with Crippen molar-refractivity contribution in [3.8, 4) is 0 Å². The van der Waals surface area contributed by atoms with Crippen molar-refractivity contribution in [1.82, 2.24) is 15.2 Å². The molecule has 0 saturated heterocycles. The minimum Gasteiger partial charge on any atom is -0.338 e. The van der Waals surface area contributed by atoms with Crippen LogP contribution in [-0.2, 0) is 6.42 Å². The van der Waals surface area contributed by atoms with Gasteiger partial charge in [-0.2, -0.15) is 0 Å². The zero-order valence-corrected chi connectivity index (χ0v) is 18.2. The van der Waals surface area contributed by atoms with Gasteiger partial charge < -0.3 is 10.2 Å². The second-order valence-corrected chi connectivity index (χ2v) is 10.2. The largest absolute Gasteiger partial charge is 0.338 e. The molecule has 2 amide bonds. The molecule has 0 unspecified atom stereocenters. The Kier molecular flexibility index (Phi) is 6.77. The molecule has 0 spiro atoms. The van der Waals surface area contributed by atoms with Crippen molar-refractivity contribution >= 4 is 6.03 Å². The molecule has 0 radical (unpaired) electrons. The average molecular weight is 398 g/mol. The highest BCUT2D eigenvalue weighted by Crippen LogP contribution is 2.61. The van der Waals surface area contributed by atoms with Gasteiger partial charge in [-0.05, 0) is 105 Å². The Bertz CT molecular complexity index is 624. The number of nitrogens with one attached hydrogen (secondary N) is 1. The summed E-state index contributed by atoms with van der Waals surface area (Å²) in [5.74, 6) is 2.98. The van der Waals surface area contributed by atoms with Gasteiger partial charge in [0.2, 0.25) is 0 Å². The van der Waals surface area contributed by atoms with E-state index < -0.39 is 0 Å². The molecule has 1 N–H and O–H groups in total. The first-order valence-electron chi connectivity index (χ1n) is 12.1. The summed E-state index contributed by atoms with van der Waals surface area (Å²) in [7, 11) is 0. The molecule has 4 bridgehead atoms. The van der Waals surface area contributed by atoms with Gasteiger partial charge in [0.25, 0.3) is 0 Å². The van der Waals surface area contributed by atoms with Crippen molar-refractivity contribution in [3.63, 3.8) is 0 Å². The fourth-order valence-electron chi connectivity index (χ4n) is 6.78. The van der Waals surface area contributed by atoms with Crippen LogP contribution in [0, 0.1) is 23.2 Å². The van der Waals surface area contributed by atoms with Gasteiger partial charge in [0, 0.05) is 32.0 Å². The standard InChI is InChI=1S/C25H39N3O/c1-2-3-12-28(24(29)27-9-4-5-20-6-10-26-11-7-20)13-8-25-17-21-14-22(18-25)16-23(15-21)19-25/h6-7,10-11,21-23H,2-5,8-9,12-19H2,1H3,(H,27,29). The van der Waals surface area contributed by atoms with E-state index in [9.17, 15) is 4.79 Å². The van der Waals surface area contributed by atoms with Crippen LogP contribution in [0.2, 0.25) is 0 Å². The lowest BCUT2D eigenvalue weighted by molar-refractivity contribution is -0.0596. The quantitative estimate of drug-likeness (QED) is 0.535. The van der Waals surface area contributed by atoms with E-state index in [1.807, 2.05) is 12.4 Å². The van der Waals surface area contributed by atoms with Crippen LogP contribution in [0.25, 0.3) is 0 Å². The van der Waals surface area contributed by atoms with Crippen LogP contribution < -0.4 is 5.32 Å². The summed E-state index contributed by atoms with van der Waals surface area (Å²) < 4.78 is 0. The van der Waals surface area contributed by atoms with E-state index in [0.717, 1.165) is 63.1 Å². The molecule has 160 valence electrons. The van der Waals surface area contributed by atoms with E-state index in [4.69, 9.17) is 0 Å². The SMILES string of the molecule is CCCCN(CCC12CC3CC(CC(C3)C1)C2)C(=O)NCCCc1ccncc1. The molecule has 1 heterocycles. The van der Waals surface area contributed by atoms with E-state index in [2.05, 4.69) is 34.3 Å². The number of hydrogen-bond acceptors (Lipinski definition) is 2. The zero-order valence-electron chi connectivity index (χ0n) is 18.2. The van der Waals surface area contributed by atoms with Crippen molar-refractivity contribution in [1.29, 1.82) is 0 Å². The van der Waals surface area contributed by atoms with Crippen LogP contribution >= 0.6 is 0 Å². The van der Waals surface area contributed by atoms with Gasteiger partial charge in [-0.3, -0.25) is 4.98 Å². The molecule has 1 aromatic heterocycles. The lowest BCUT2D eigenvalue weighted by atomic mass is 9.49. The first-order valence-corrected chi connectivity index (χ1v) is 12.1. The Labute approximate surface area is 176 Å². The van der Waals surface area contributed by atoms with Crippen LogP contribution in [0.4, 0.5) is 4.79 Å². The Hall–Kier alpha value is -1.58. The number of urea groups is 1. The molecule has 4 heteroatoms. The van der Waals surface area contributed by atoms with Crippen LogP contribution in [0.3, 0.4) is 0 Å². The molecule has 4 aliphatic carbocycles. The predicted octanol–water partition coefficient (Wildman–Crippen LogP) is 5.43. The van der Waals surface area contributed by atoms with Gasteiger partial charge in [0.15, 0.2) is 0 Å². The highest BCUT2D eigenvalue weighted by atomic mass is 16.2. The summed E-state index contributed by atoms with van der Waals surface area (Å²) in [6, 6.07) is 4.26.